The average Bonchev–Trinajstić information content (AvgIpc) is 2.75. The quantitative estimate of drug-likeness (QED) is 0.176. The molecule has 0 radical (unpaired) electrons. The SMILES string of the molecule is CCCc1c(OCCCSc2ccc(C(O)C(C)(C)CC(=O)[O-])cc2Cl)ccc(C(C)=O)c1O.[Na+]. The number of phenolic OH excluding ortho intramolecular Hbond substituents is 1. The van der Waals surface area contributed by atoms with Crippen molar-refractivity contribution >= 4 is 35.1 Å². The Labute approximate surface area is 238 Å². The van der Waals surface area contributed by atoms with Crippen molar-refractivity contribution < 1.29 is 59.2 Å². The summed E-state index contributed by atoms with van der Waals surface area (Å²) >= 11 is 7.96. The molecular formula is C26H32ClNaO6S. The summed E-state index contributed by atoms with van der Waals surface area (Å²) in [5.41, 5.74) is 0.627. The molecule has 0 bridgehead atoms. The van der Waals surface area contributed by atoms with Gasteiger partial charge < -0.3 is 24.9 Å². The normalized spacial score (nSPS) is 12.1. The van der Waals surface area contributed by atoms with Crippen LogP contribution in [0.25, 0.3) is 0 Å². The monoisotopic (exact) mass is 530 g/mol. The third-order valence-electron chi connectivity index (χ3n) is 5.53. The number of aliphatic hydroxyl groups is 1. The Morgan fingerprint density at radius 3 is 2.49 bits per heavy atom. The van der Waals surface area contributed by atoms with E-state index >= 15 is 0 Å². The van der Waals surface area contributed by atoms with Crippen LogP contribution in [-0.4, -0.2) is 34.3 Å². The van der Waals surface area contributed by atoms with Crippen molar-refractivity contribution in [2.75, 3.05) is 12.4 Å². The molecule has 0 aromatic heterocycles. The van der Waals surface area contributed by atoms with Crippen LogP contribution in [0.5, 0.6) is 11.5 Å². The van der Waals surface area contributed by atoms with Crippen molar-refractivity contribution in [1.29, 1.82) is 0 Å². The van der Waals surface area contributed by atoms with Gasteiger partial charge in [0.15, 0.2) is 5.78 Å². The van der Waals surface area contributed by atoms with Gasteiger partial charge in [-0.05, 0) is 56.0 Å². The summed E-state index contributed by atoms with van der Waals surface area (Å²) in [6.07, 6.45) is 0.903. The third-order valence-corrected chi connectivity index (χ3v) is 7.12. The number of hydrogen-bond donors (Lipinski definition) is 2. The van der Waals surface area contributed by atoms with Crippen LogP contribution in [0.3, 0.4) is 0 Å². The number of Topliss-reactive ketones (excluding diaryl/α,β-unsaturated/α-hetero) is 1. The molecule has 9 heteroatoms. The Morgan fingerprint density at radius 2 is 1.91 bits per heavy atom. The molecule has 2 aromatic rings. The van der Waals surface area contributed by atoms with E-state index in [1.807, 2.05) is 13.0 Å². The van der Waals surface area contributed by atoms with Gasteiger partial charge in [0.25, 0.3) is 0 Å². The summed E-state index contributed by atoms with van der Waals surface area (Å²) in [5.74, 6) is -0.0756. The van der Waals surface area contributed by atoms with Crippen LogP contribution in [0.1, 0.15) is 74.5 Å². The molecule has 2 N–H and O–H groups in total. The number of carboxylic acid groups (broad SMARTS) is 1. The van der Waals surface area contributed by atoms with Crippen molar-refractivity contribution in [3.63, 3.8) is 0 Å². The zero-order chi connectivity index (χ0) is 25.5. The minimum atomic E-state index is -1.21. The summed E-state index contributed by atoms with van der Waals surface area (Å²) in [6, 6.07) is 8.56. The van der Waals surface area contributed by atoms with Crippen molar-refractivity contribution in [3.8, 4) is 11.5 Å². The van der Waals surface area contributed by atoms with Gasteiger partial charge in [0.1, 0.15) is 11.5 Å². The number of carbonyl (C=O) groups is 2. The van der Waals surface area contributed by atoms with E-state index in [0.29, 0.717) is 40.5 Å². The first-order valence-corrected chi connectivity index (χ1v) is 12.6. The van der Waals surface area contributed by atoms with E-state index in [0.717, 1.165) is 23.5 Å². The first-order chi connectivity index (χ1) is 16.0. The predicted octanol–water partition coefficient (Wildman–Crippen LogP) is 1.97. The second-order valence-corrected chi connectivity index (χ2v) is 10.5. The maximum Gasteiger partial charge on any atom is 1.00 e. The van der Waals surface area contributed by atoms with E-state index < -0.39 is 17.5 Å². The Hall–Kier alpha value is -1.22. The Kier molecular flexibility index (Phi) is 13.2. The number of benzene rings is 2. The molecule has 0 heterocycles. The molecule has 0 saturated heterocycles. The van der Waals surface area contributed by atoms with Crippen molar-refractivity contribution in [2.45, 2.75) is 64.4 Å². The van der Waals surface area contributed by atoms with E-state index in [2.05, 4.69) is 0 Å². The number of aliphatic carboxylic acids is 1. The van der Waals surface area contributed by atoms with Crippen LogP contribution < -0.4 is 39.4 Å². The van der Waals surface area contributed by atoms with E-state index in [9.17, 15) is 24.9 Å². The van der Waals surface area contributed by atoms with Crippen LogP contribution >= 0.6 is 23.4 Å². The van der Waals surface area contributed by atoms with Gasteiger partial charge in [-0.3, -0.25) is 4.79 Å². The molecule has 0 spiro atoms. The van der Waals surface area contributed by atoms with Crippen molar-refractivity contribution in [3.05, 3.63) is 52.0 Å². The minimum Gasteiger partial charge on any atom is -0.550 e. The first kappa shape index (κ1) is 31.8. The van der Waals surface area contributed by atoms with E-state index in [1.165, 1.54) is 6.92 Å². The largest absolute Gasteiger partial charge is 1.00 e. The van der Waals surface area contributed by atoms with Crippen LogP contribution in [0.15, 0.2) is 35.2 Å². The second-order valence-electron chi connectivity index (χ2n) is 8.92. The van der Waals surface area contributed by atoms with Gasteiger partial charge in [-0.25, -0.2) is 0 Å². The zero-order valence-corrected chi connectivity index (χ0v) is 24.6. The molecule has 2 rings (SSSR count). The van der Waals surface area contributed by atoms with Gasteiger partial charge in [-0.2, -0.15) is 0 Å². The molecule has 6 nitrogen and oxygen atoms in total. The fourth-order valence-electron chi connectivity index (χ4n) is 3.68. The summed E-state index contributed by atoms with van der Waals surface area (Å²) in [6.45, 7) is 7.20. The summed E-state index contributed by atoms with van der Waals surface area (Å²) in [4.78, 5) is 23.5. The van der Waals surface area contributed by atoms with Crippen LogP contribution in [0.4, 0.5) is 0 Å². The molecule has 186 valence electrons. The number of hydrogen-bond acceptors (Lipinski definition) is 7. The number of rotatable bonds is 13. The predicted molar refractivity (Wildman–Crippen MR) is 133 cm³/mol. The molecule has 1 unspecified atom stereocenters. The standard InChI is InChI=1S/C26H33ClO6S.Na/c1-5-7-19-21(10-9-18(16(2)28)24(19)31)33-12-6-13-34-22-11-8-17(14-20(22)27)25(32)26(3,4)15-23(29)30;/h8-11,14,25,31-32H,5-7,12-13,15H2,1-4H3,(H,29,30);/q;+1/p-1. The Morgan fingerprint density at radius 1 is 1.23 bits per heavy atom. The molecule has 2 aromatic carbocycles. The number of halogens is 1. The maximum atomic E-state index is 11.7. The number of phenols is 1. The number of carbonyl (C=O) groups excluding carboxylic acids is 2. The minimum absolute atomic E-state index is 0. The Balaban J connectivity index is 0.00000612. The van der Waals surface area contributed by atoms with E-state index in [-0.39, 0.29) is 47.5 Å². The molecule has 1 atom stereocenters. The van der Waals surface area contributed by atoms with E-state index in [1.54, 1.807) is 49.9 Å². The molecule has 0 amide bonds. The smallest absolute Gasteiger partial charge is 0.550 e. The van der Waals surface area contributed by atoms with Gasteiger partial charge in [-0.15, -0.1) is 11.8 Å². The molecule has 0 fully saturated rings. The fourth-order valence-corrected chi connectivity index (χ4v) is 4.87. The summed E-state index contributed by atoms with van der Waals surface area (Å²) < 4.78 is 5.89. The summed E-state index contributed by atoms with van der Waals surface area (Å²) in [7, 11) is 0. The molecule has 0 aliphatic heterocycles. The van der Waals surface area contributed by atoms with Gasteiger partial charge in [-0.1, -0.05) is 44.9 Å². The Bertz CT molecular complexity index is 1030. The van der Waals surface area contributed by atoms with Crippen molar-refractivity contribution in [2.24, 2.45) is 5.41 Å². The zero-order valence-electron chi connectivity index (χ0n) is 21.0. The van der Waals surface area contributed by atoms with Crippen LogP contribution in [0, 0.1) is 5.41 Å². The first-order valence-electron chi connectivity index (χ1n) is 11.3. The number of carboxylic acids is 1. The number of aliphatic hydroxyl groups excluding tert-OH is 1. The fraction of sp³-hybridized carbons (Fsp3) is 0.462. The topological polar surface area (TPSA) is 107 Å². The molecular weight excluding hydrogens is 499 g/mol. The maximum absolute atomic E-state index is 11.7. The van der Waals surface area contributed by atoms with Gasteiger partial charge in [0.2, 0.25) is 0 Å². The average molecular weight is 531 g/mol. The number of ketones is 1. The molecule has 0 aliphatic rings. The van der Waals surface area contributed by atoms with Crippen LogP contribution in [-0.2, 0) is 11.2 Å². The summed E-state index contributed by atoms with van der Waals surface area (Å²) in [5, 5.41) is 32.5. The molecule has 0 aliphatic carbocycles. The third kappa shape index (κ3) is 8.99. The number of ether oxygens (including phenoxy) is 1. The van der Waals surface area contributed by atoms with Crippen molar-refractivity contribution in [1.82, 2.24) is 0 Å². The van der Waals surface area contributed by atoms with E-state index in [4.69, 9.17) is 16.3 Å². The second kappa shape index (κ2) is 14.5. The molecule has 0 saturated carbocycles. The van der Waals surface area contributed by atoms with Gasteiger partial charge >= 0.3 is 29.6 Å². The van der Waals surface area contributed by atoms with Crippen LogP contribution in [0.2, 0.25) is 5.02 Å². The van der Waals surface area contributed by atoms with Gasteiger partial charge in [0, 0.05) is 27.6 Å². The van der Waals surface area contributed by atoms with Gasteiger partial charge in [0.05, 0.1) is 23.3 Å². The number of aromatic hydroxyl groups is 1. The number of thioether (sulfide) groups is 1. The molecule has 35 heavy (non-hydrogen) atoms.